The molecule has 0 radical (unpaired) electrons. The van der Waals surface area contributed by atoms with Crippen molar-refractivity contribution in [1.82, 2.24) is 9.88 Å². The molecule has 0 spiro atoms. The van der Waals surface area contributed by atoms with Gasteiger partial charge in [0.05, 0.1) is 23.5 Å². The van der Waals surface area contributed by atoms with Gasteiger partial charge in [-0.2, -0.15) is 0 Å². The lowest BCUT2D eigenvalue weighted by Crippen LogP contribution is -2.38. The molecule has 10 heteroatoms. The van der Waals surface area contributed by atoms with Crippen LogP contribution in [0.2, 0.25) is 0 Å². The Bertz CT molecular complexity index is 1450. The van der Waals surface area contributed by atoms with Crippen LogP contribution in [0.4, 0.5) is 17.2 Å². The molecule has 0 aliphatic carbocycles. The van der Waals surface area contributed by atoms with Crippen LogP contribution in [0, 0.1) is 5.41 Å². The van der Waals surface area contributed by atoms with Crippen LogP contribution in [0.15, 0.2) is 66.6 Å². The topological polar surface area (TPSA) is 119 Å². The number of amides is 2. The van der Waals surface area contributed by atoms with Crippen LogP contribution in [0.1, 0.15) is 64.4 Å². The maximum absolute atomic E-state index is 13.6. The van der Waals surface area contributed by atoms with Crippen molar-refractivity contribution in [2.24, 2.45) is 0 Å². The minimum Gasteiger partial charge on any atom is -0.383 e. The summed E-state index contributed by atoms with van der Waals surface area (Å²) in [4.78, 5) is 33.0. The molecule has 1 aliphatic heterocycles. The van der Waals surface area contributed by atoms with Crippen molar-refractivity contribution >= 4 is 49.4 Å². The van der Waals surface area contributed by atoms with Crippen LogP contribution in [0.25, 0.3) is 5.57 Å². The molecule has 232 valence electrons. The number of anilines is 3. The van der Waals surface area contributed by atoms with E-state index in [2.05, 4.69) is 57.7 Å². The van der Waals surface area contributed by atoms with E-state index in [9.17, 15) is 9.59 Å². The number of benzene rings is 2. The molecule has 1 aromatic heterocycles. The SMILES string of the molecule is COCCNc1ccc(C(=O)N2CCC(c3ccc(/C(C=N)=C/PC)cc3)CC2)cc1NC(=O)c1ccc(NC(C)C)nc1. The van der Waals surface area contributed by atoms with Crippen LogP contribution in [0.3, 0.4) is 0 Å². The van der Waals surface area contributed by atoms with Crippen LogP contribution in [-0.2, 0) is 4.74 Å². The number of pyridine rings is 1. The number of carbonyl (C=O) groups is 2. The molecule has 1 saturated heterocycles. The monoisotopic (exact) mass is 614 g/mol. The third-order valence-electron chi connectivity index (χ3n) is 7.55. The van der Waals surface area contributed by atoms with E-state index in [1.807, 2.05) is 24.8 Å². The average molecular weight is 615 g/mol. The van der Waals surface area contributed by atoms with Crippen molar-refractivity contribution in [2.75, 3.05) is 56.0 Å². The maximum Gasteiger partial charge on any atom is 0.257 e. The first-order chi connectivity index (χ1) is 21.3. The third-order valence-corrected chi connectivity index (χ3v) is 8.15. The van der Waals surface area contributed by atoms with Crippen molar-refractivity contribution in [3.8, 4) is 0 Å². The quantitative estimate of drug-likeness (QED) is 0.0988. The molecule has 4 rings (SSSR count). The number of rotatable bonds is 13. The molecule has 2 aromatic carbocycles. The summed E-state index contributed by atoms with van der Waals surface area (Å²) < 4.78 is 5.17. The summed E-state index contributed by atoms with van der Waals surface area (Å²) in [6, 6.07) is 17.6. The minimum absolute atomic E-state index is 0.0512. The van der Waals surface area contributed by atoms with Crippen molar-refractivity contribution in [3.63, 3.8) is 0 Å². The van der Waals surface area contributed by atoms with Gasteiger partial charge in [-0.25, -0.2) is 4.98 Å². The Morgan fingerprint density at radius 2 is 1.75 bits per heavy atom. The predicted molar refractivity (Wildman–Crippen MR) is 183 cm³/mol. The molecule has 2 heterocycles. The fourth-order valence-corrected chi connectivity index (χ4v) is 5.80. The van der Waals surface area contributed by atoms with Gasteiger partial charge in [0.25, 0.3) is 11.8 Å². The van der Waals surface area contributed by atoms with Crippen LogP contribution < -0.4 is 16.0 Å². The predicted octanol–water partition coefficient (Wildman–Crippen LogP) is 6.53. The summed E-state index contributed by atoms with van der Waals surface area (Å²) in [6.45, 7) is 8.52. The van der Waals surface area contributed by atoms with Crippen molar-refractivity contribution in [3.05, 3.63) is 88.9 Å². The molecule has 1 unspecified atom stereocenters. The number of ether oxygens (including phenoxy) is 1. The van der Waals surface area contributed by atoms with Gasteiger partial charge in [0.2, 0.25) is 0 Å². The number of hydrogen-bond acceptors (Lipinski definition) is 7. The fourth-order valence-electron chi connectivity index (χ4n) is 5.24. The van der Waals surface area contributed by atoms with Gasteiger partial charge < -0.3 is 31.0 Å². The molecule has 2 amide bonds. The van der Waals surface area contributed by atoms with Crippen molar-refractivity contribution in [1.29, 1.82) is 5.41 Å². The summed E-state index contributed by atoms with van der Waals surface area (Å²) in [5.74, 6) is 2.81. The third kappa shape index (κ3) is 8.74. The van der Waals surface area contributed by atoms with E-state index < -0.39 is 0 Å². The fraction of sp³-hybridized carbons (Fsp3) is 0.353. The van der Waals surface area contributed by atoms with E-state index in [0.717, 1.165) is 24.0 Å². The highest BCUT2D eigenvalue weighted by atomic mass is 31.1. The first-order valence-corrected chi connectivity index (χ1v) is 16.6. The Morgan fingerprint density at radius 1 is 1.05 bits per heavy atom. The van der Waals surface area contributed by atoms with Crippen molar-refractivity contribution < 1.29 is 14.3 Å². The molecule has 0 bridgehead atoms. The van der Waals surface area contributed by atoms with Crippen LogP contribution in [0.5, 0.6) is 0 Å². The summed E-state index contributed by atoms with van der Waals surface area (Å²) in [7, 11) is 2.29. The van der Waals surface area contributed by atoms with E-state index in [4.69, 9.17) is 10.1 Å². The number of allylic oxidation sites excluding steroid dienone is 1. The summed E-state index contributed by atoms with van der Waals surface area (Å²) >= 11 is 0. The number of hydrogen-bond donors (Lipinski definition) is 4. The highest BCUT2D eigenvalue weighted by molar-refractivity contribution is 7.41. The number of piperidine rings is 1. The zero-order valence-electron chi connectivity index (χ0n) is 25.9. The number of carbonyl (C=O) groups excluding carboxylic acids is 2. The molecule has 1 fully saturated rings. The largest absolute Gasteiger partial charge is 0.383 e. The van der Waals surface area contributed by atoms with Gasteiger partial charge >= 0.3 is 0 Å². The normalized spacial score (nSPS) is 14.2. The van der Waals surface area contributed by atoms with Gasteiger partial charge in [-0.3, -0.25) is 9.59 Å². The smallest absolute Gasteiger partial charge is 0.257 e. The van der Waals surface area contributed by atoms with Crippen LogP contribution in [-0.4, -0.2) is 74.0 Å². The number of nitrogens with zero attached hydrogens (tertiary/aromatic N) is 2. The van der Waals surface area contributed by atoms with Gasteiger partial charge in [-0.05, 0) is 86.3 Å². The van der Waals surface area contributed by atoms with E-state index in [1.165, 1.54) is 11.8 Å². The molecule has 9 nitrogen and oxygen atoms in total. The van der Waals surface area contributed by atoms with Gasteiger partial charge in [0.1, 0.15) is 5.82 Å². The summed E-state index contributed by atoms with van der Waals surface area (Å²) in [5.41, 5.74) is 5.45. The molecule has 0 saturated carbocycles. The van der Waals surface area contributed by atoms with Gasteiger partial charge in [0.15, 0.2) is 0 Å². The summed E-state index contributed by atoms with van der Waals surface area (Å²) in [6.07, 6.45) is 4.71. The molecule has 1 atom stereocenters. The number of aromatic nitrogens is 1. The molecule has 1 aliphatic rings. The maximum atomic E-state index is 13.6. The van der Waals surface area contributed by atoms with Crippen molar-refractivity contribution in [2.45, 2.75) is 38.6 Å². The lowest BCUT2D eigenvalue weighted by atomic mass is 9.88. The number of likely N-dealkylation sites (tertiary alicyclic amines) is 1. The Morgan fingerprint density at radius 3 is 2.36 bits per heavy atom. The molecule has 44 heavy (non-hydrogen) atoms. The Balaban J connectivity index is 1.44. The van der Waals surface area contributed by atoms with Gasteiger partial charge in [-0.1, -0.05) is 30.1 Å². The minimum atomic E-state index is -0.307. The molecule has 4 N–H and O–H groups in total. The average Bonchev–Trinajstić information content (AvgIpc) is 3.04. The molecule has 3 aromatic rings. The second kappa shape index (κ2) is 16.1. The first-order valence-electron chi connectivity index (χ1n) is 15.0. The molecular weight excluding hydrogens is 571 g/mol. The molecular formula is C34H43N6O3P. The number of nitrogens with one attached hydrogen (secondary N) is 4. The van der Waals surface area contributed by atoms with Gasteiger partial charge in [0, 0.05) is 50.8 Å². The zero-order chi connectivity index (χ0) is 31.5. The van der Waals surface area contributed by atoms with Gasteiger partial charge in [-0.15, -0.1) is 8.58 Å². The Kier molecular flexibility index (Phi) is 12.0. The lowest BCUT2D eigenvalue weighted by Gasteiger charge is -2.32. The van der Waals surface area contributed by atoms with E-state index in [0.29, 0.717) is 69.1 Å². The summed E-state index contributed by atoms with van der Waals surface area (Å²) in [5, 5.41) is 17.2. The lowest BCUT2D eigenvalue weighted by molar-refractivity contribution is 0.0712. The van der Waals surface area contributed by atoms with Crippen LogP contribution >= 0.6 is 8.58 Å². The Labute approximate surface area is 262 Å². The Hall–Kier alpha value is -4.07. The first kappa shape index (κ1) is 32.8. The van der Waals surface area contributed by atoms with E-state index in [1.54, 1.807) is 37.6 Å². The zero-order valence-corrected chi connectivity index (χ0v) is 26.9. The number of methoxy groups -OCH3 is 1. The standard InChI is InChI=1S/C34H43N6O3P/c1-23(2)38-32-12-10-28(21-37-32)33(41)39-31-19-27(9-11-30(31)36-15-18-43-3)34(42)40-16-13-26(14-17-40)24-5-7-25(8-6-24)29(20-35)22-44-4/h5-12,19-23,26,35-36,44H,13-18H2,1-4H3,(H,37,38)(H,39,41)/b29-22+,35-20?. The second-order valence-corrected chi connectivity index (χ2v) is 12.0. The second-order valence-electron chi connectivity index (χ2n) is 11.1. The highest BCUT2D eigenvalue weighted by Gasteiger charge is 2.25. The van der Waals surface area contributed by atoms with E-state index >= 15 is 0 Å². The van der Waals surface area contributed by atoms with E-state index in [-0.39, 0.29) is 17.9 Å². The highest BCUT2D eigenvalue weighted by Crippen LogP contribution is 2.31.